The lowest BCUT2D eigenvalue weighted by atomic mass is 9.79. The Labute approximate surface area is 131 Å². The van der Waals surface area contributed by atoms with E-state index >= 15 is 0 Å². The summed E-state index contributed by atoms with van der Waals surface area (Å²) in [6.45, 7) is 8.50. The highest BCUT2D eigenvalue weighted by Gasteiger charge is 2.33. The van der Waals surface area contributed by atoms with Gasteiger partial charge in [0, 0.05) is 13.0 Å². The summed E-state index contributed by atoms with van der Waals surface area (Å²) in [6.07, 6.45) is 11.2. The van der Waals surface area contributed by atoms with Gasteiger partial charge in [0.15, 0.2) is 0 Å². The zero-order valence-corrected chi connectivity index (χ0v) is 14.1. The van der Waals surface area contributed by atoms with Crippen LogP contribution in [0.5, 0.6) is 0 Å². The first kappa shape index (κ1) is 18.0. The number of rotatable bonds is 11. The molecule has 2 atom stereocenters. The van der Waals surface area contributed by atoms with Crippen LogP contribution in [0.3, 0.4) is 0 Å². The molecule has 0 radical (unpaired) electrons. The van der Waals surface area contributed by atoms with Crippen molar-refractivity contribution in [3.8, 4) is 0 Å². The summed E-state index contributed by atoms with van der Waals surface area (Å²) in [5.41, 5.74) is 0.968. The minimum Gasteiger partial charge on any atom is -0.373 e. The molecule has 1 aromatic carbocycles. The van der Waals surface area contributed by atoms with Crippen LogP contribution in [0, 0.1) is 5.92 Å². The van der Waals surface area contributed by atoms with E-state index in [2.05, 4.69) is 56.8 Å². The summed E-state index contributed by atoms with van der Waals surface area (Å²) in [5, 5.41) is 0. The Morgan fingerprint density at radius 3 is 2.29 bits per heavy atom. The quantitative estimate of drug-likeness (QED) is 0.353. The minimum absolute atomic E-state index is 0.271. The van der Waals surface area contributed by atoms with E-state index in [4.69, 9.17) is 4.74 Å². The van der Waals surface area contributed by atoms with E-state index in [1.807, 2.05) is 7.11 Å². The Kier molecular flexibility index (Phi) is 8.37. The zero-order valence-electron chi connectivity index (χ0n) is 14.1. The van der Waals surface area contributed by atoms with E-state index < -0.39 is 0 Å². The van der Waals surface area contributed by atoms with Crippen molar-refractivity contribution in [2.24, 2.45) is 5.92 Å². The third-order valence-electron chi connectivity index (χ3n) is 4.63. The Morgan fingerprint density at radius 2 is 1.71 bits per heavy atom. The van der Waals surface area contributed by atoms with E-state index in [9.17, 15) is 0 Å². The second kappa shape index (κ2) is 9.78. The van der Waals surface area contributed by atoms with Crippen molar-refractivity contribution in [3.05, 3.63) is 48.6 Å². The van der Waals surface area contributed by atoms with Crippen LogP contribution in [0.1, 0.15) is 64.4 Å². The summed E-state index contributed by atoms with van der Waals surface area (Å²) in [5.74, 6) is 0.357. The number of unbranched alkanes of at least 4 members (excludes halogenated alkanes) is 5. The molecule has 0 N–H and O–H groups in total. The van der Waals surface area contributed by atoms with E-state index in [0.717, 1.165) is 6.42 Å². The van der Waals surface area contributed by atoms with Gasteiger partial charge in [0.1, 0.15) is 0 Å². The first-order chi connectivity index (χ1) is 10.2. The molecule has 0 heterocycles. The fraction of sp³-hybridized carbons (Fsp3) is 0.600. The molecule has 0 saturated carbocycles. The average molecular weight is 288 g/mol. The van der Waals surface area contributed by atoms with E-state index in [0.29, 0.717) is 5.92 Å². The molecule has 0 aromatic heterocycles. The first-order valence-electron chi connectivity index (χ1n) is 8.42. The van der Waals surface area contributed by atoms with Crippen LogP contribution in [-0.4, -0.2) is 7.11 Å². The van der Waals surface area contributed by atoms with E-state index in [1.54, 1.807) is 0 Å². The molecule has 0 fully saturated rings. The largest absolute Gasteiger partial charge is 0.373 e. The average Bonchev–Trinajstić information content (AvgIpc) is 2.54. The van der Waals surface area contributed by atoms with Crippen LogP contribution >= 0.6 is 0 Å². The van der Waals surface area contributed by atoms with Gasteiger partial charge in [-0.15, -0.1) is 6.58 Å². The van der Waals surface area contributed by atoms with Crippen molar-refractivity contribution >= 4 is 0 Å². The number of ether oxygens (including phenoxy) is 1. The number of hydrogen-bond acceptors (Lipinski definition) is 1. The predicted octanol–water partition coefficient (Wildman–Crippen LogP) is 6.10. The molecule has 1 rings (SSSR count). The molecule has 21 heavy (non-hydrogen) atoms. The number of benzene rings is 1. The van der Waals surface area contributed by atoms with Crippen molar-refractivity contribution in [2.45, 2.75) is 64.4 Å². The predicted molar refractivity (Wildman–Crippen MR) is 92.5 cm³/mol. The van der Waals surface area contributed by atoms with Crippen molar-refractivity contribution in [1.29, 1.82) is 0 Å². The molecule has 0 aliphatic carbocycles. The highest BCUT2D eigenvalue weighted by atomic mass is 16.5. The lowest BCUT2D eigenvalue weighted by molar-refractivity contribution is -0.0365. The molecule has 1 heteroatoms. The maximum absolute atomic E-state index is 5.90. The number of methoxy groups -OCH3 is 1. The fourth-order valence-electron chi connectivity index (χ4n) is 3.02. The van der Waals surface area contributed by atoms with Crippen molar-refractivity contribution in [1.82, 2.24) is 0 Å². The van der Waals surface area contributed by atoms with Gasteiger partial charge in [-0.1, -0.05) is 81.9 Å². The highest BCUT2D eigenvalue weighted by Crippen LogP contribution is 2.36. The van der Waals surface area contributed by atoms with Gasteiger partial charge in [-0.05, 0) is 18.9 Å². The normalized spacial score (nSPS) is 15.4. The van der Waals surface area contributed by atoms with Gasteiger partial charge in [-0.25, -0.2) is 0 Å². The zero-order chi connectivity index (χ0) is 15.6. The second-order valence-electron chi connectivity index (χ2n) is 6.08. The van der Waals surface area contributed by atoms with Gasteiger partial charge in [0.25, 0.3) is 0 Å². The molecule has 1 nitrogen and oxygen atoms in total. The summed E-state index contributed by atoms with van der Waals surface area (Å²) in [7, 11) is 1.81. The van der Waals surface area contributed by atoms with Crippen molar-refractivity contribution in [2.75, 3.05) is 7.11 Å². The molecular formula is C20H32O. The monoisotopic (exact) mass is 288 g/mol. The molecule has 0 saturated heterocycles. The Morgan fingerprint density at radius 1 is 1.10 bits per heavy atom. The first-order valence-corrected chi connectivity index (χ1v) is 8.42. The van der Waals surface area contributed by atoms with Crippen LogP contribution in [0.4, 0.5) is 0 Å². The molecule has 1 aromatic rings. The van der Waals surface area contributed by atoms with Crippen molar-refractivity contribution < 1.29 is 4.74 Å². The van der Waals surface area contributed by atoms with Crippen molar-refractivity contribution in [3.63, 3.8) is 0 Å². The third-order valence-corrected chi connectivity index (χ3v) is 4.63. The topological polar surface area (TPSA) is 9.23 Å². The summed E-state index contributed by atoms with van der Waals surface area (Å²) in [4.78, 5) is 0. The molecule has 0 aliphatic rings. The maximum Gasteiger partial charge on any atom is 0.0961 e. The van der Waals surface area contributed by atoms with E-state index in [-0.39, 0.29) is 5.60 Å². The smallest absolute Gasteiger partial charge is 0.0961 e. The molecule has 0 amide bonds. The number of hydrogen-bond donors (Lipinski definition) is 0. The van der Waals surface area contributed by atoms with Gasteiger partial charge in [0.05, 0.1) is 5.60 Å². The second-order valence-corrected chi connectivity index (χ2v) is 6.08. The minimum atomic E-state index is -0.271. The lowest BCUT2D eigenvalue weighted by Gasteiger charge is -2.35. The molecular weight excluding hydrogens is 256 g/mol. The van der Waals surface area contributed by atoms with E-state index in [1.165, 1.54) is 44.1 Å². The molecule has 0 spiro atoms. The van der Waals surface area contributed by atoms with Crippen LogP contribution in [0.25, 0.3) is 0 Å². The molecule has 2 unspecified atom stereocenters. The standard InChI is InChI=1S/C20H32O/c1-5-7-8-9-10-12-15-18(6-2)20(3,21-4)19-16-13-11-14-17-19/h6,11,13-14,16-18H,2,5,7-10,12,15H2,1,3-4H3. The molecule has 0 bridgehead atoms. The van der Waals surface area contributed by atoms with Gasteiger partial charge in [-0.2, -0.15) is 0 Å². The maximum atomic E-state index is 5.90. The lowest BCUT2D eigenvalue weighted by Crippen LogP contribution is -2.33. The third kappa shape index (κ3) is 5.32. The summed E-state index contributed by atoms with van der Waals surface area (Å²) < 4.78 is 5.90. The van der Waals surface area contributed by atoms with Gasteiger partial charge in [-0.3, -0.25) is 0 Å². The van der Waals surface area contributed by atoms with Crippen LogP contribution in [0.15, 0.2) is 43.0 Å². The van der Waals surface area contributed by atoms with Crippen LogP contribution in [-0.2, 0) is 10.3 Å². The highest BCUT2D eigenvalue weighted by molar-refractivity contribution is 5.24. The molecule has 118 valence electrons. The summed E-state index contributed by atoms with van der Waals surface area (Å²) >= 11 is 0. The fourth-order valence-corrected chi connectivity index (χ4v) is 3.02. The Hall–Kier alpha value is -1.08. The van der Waals surface area contributed by atoms with Crippen LogP contribution in [0.2, 0.25) is 0 Å². The summed E-state index contributed by atoms with van der Waals surface area (Å²) in [6, 6.07) is 10.5. The SMILES string of the molecule is C=CC(CCCCCCCC)C(C)(OC)c1ccccc1. The van der Waals surface area contributed by atoms with Gasteiger partial charge >= 0.3 is 0 Å². The Bertz CT molecular complexity index is 384. The van der Waals surface area contributed by atoms with Crippen LogP contribution < -0.4 is 0 Å². The van der Waals surface area contributed by atoms with Gasteiger partial charge < -0.3 is 4.74 Å². The Balaban J connectivity index is 2.58. The van der Waals surface area contributed by atoms with Gasteiger partial charge in [0.2, 0.25) is 0 Å². The molecule has 0 aliphatic heterocycles.